The molecule has 4 nitrogen and oxygen atoms in total. The molecule has 0 spiro atoms. The van der Waals surface area contributed by atoms with Crippen molar-refractivity contribution in [2.24, 2.45) is 0 Å². The molecule has 0 fully saturated rings. The van der Waals surface area contributed by atoms with Gasteiger partial charge in [0.15, 0.2) is 0 Å². The number of carbonyl (C=O) groups excluding carboxylic acids is 2. The molecule has 0 aliphatic carbocycles. The molecule has 3 rings (SSSR count). The van der Waals surface area contributed by atoms with Crippen molar-refractivity contribution in [3.63, 3.8) is 0 Å². The highest BCUT2D eigenvalue weighted by atomic mass is 32.1. The van der Waals surface area contributed by atoms with Crippen LogP contribution in [0.15, 0.2) is 77.8 Å². The number of rotatable bonds is 5. The summed E-state index contributed by atoms with van der Waals surface area (Å²) >= 11 is 1.35. The zero-order chi connectivity index (χ0) is 20.9. The maximum atomic E-state index is 12.9. The molecule has 29 heavy (non-hydrogen) atoms. The van der Waals surface area contributed by atoms with Crippen molar-refractivity contribution in [1.82, 2.24) is 5.32 Å². The average Bonchev–Trinajstić information content (AvgIpc) is 3.21. The summed E-state index contributed by atoms with van der Waals surface area (Å²) in [5, 5.41) is 6.74. The van der Waals surface area contributed by atoms with Crippen molar-refractivity contribution in [2.45, 2.75) is 6.18 Å². The smallest absolute Gasteiger partial charge is 0.321 e. The second-order valence-electron chi connectivity index (χ2n) is 5.93. The fourth-order valence-corrected chi connectivity index (χ4v) is 3.09. The summed E-state index contributed by atoms with van der Waals surface area (Å²) in [6.45, 7) is 0. The van der Waals surface area contributed by atoms with Gasteiger partial charge in [0, 0.05) is 16.1 Å². The molecule has 2 amide bonds. The maximum Gasteiger partial charge on any atom is 0.416 e. The number of halogens is 3. The molecule has 2 aromatic carbocycles. The van der Waals surface area contributed by atoms with Gasteiger partial charge in [-0.1, -0.05) is 30.3 Å². The van der Waals surface area contributed by atoms with Gasteiger partial charge < -0.3 is 10.6 Å². The van der Waals surface area contributed by atoms with Gasteiger partial charge in [-0.2, -0.15) is 13.2 Å². The van der Waals surface area contributed by atoms with Gasteiger partial charge in [0.05, 0.1) is 5.56 Å². The van der Waals surface area contributed by atoms with Crippen molar-refractivity contribution in [3.05, 3.63) is 93.8 Å². The second-order valence-corrected chi connectivity index (χ2v) is 6.91. The zero-order valence-corrected chi connectivity index (χ0v) is 15.7. The summed E-state index contributed by atoms with van der Waals surface area (Å²) in [5.74, 6) is -1.24. The molecule has 0 bridgehead atoms. The lowest BCUT2D eigenvalue weighted by Gasteiger charge is -2.12. The predicted molar refractivity (Wildman–Crippen MR) is 106 cm³/mol. The molecule has 0 atom stereocenters. The van der Waals surface area contributed by atoms with Crippen LogP contribution in [0.5, 0.6) is 0 Å². The molecular formula is C21H15F3N2O2S. The van der Waals surface area contributed by atoms with Crippen LogP contribution in [0, 0.1) is 0 Å². The Morgan fingerprint density at radius 3 is 2.34 bits per heavy atom. The van der Waals surface area contributed by atoms with Gasteiger partial charge in [0.25, 0.3) is 11.8 Å². The lowest BCUT2D eigenvalue weighted by atomic mass is 10.2. The molecule has 0 unspecified atom stereocenters. The standard InChI is InChI=1S/C21H15F3N2O2S/c22-21(23,24)15-8-4-9-16(12-15)25-20(28)18(13-17-10-5-11-29-17)26-19(27)14-6-2-1-3-7-14/h1-13H,(H,25,28)(H,26,27). The average molecular weight is 416 g/mol. The summed E-state index contributed by atoms with van der Waals surface area (Å²) in [5.41, 5.74) is -0.654. The van der Waals surface area contributed by atoms with Gasteiger partial charge >= 0.3 is 6.18 Å². The van der Waals surface area contributed by atoms with E-state index in [0.717, 1.165) is 12.1 Å². The van der Waals surface area contributed by atoms with Gasteiger partial charge in [0.1, 0.15) is 5.70 Å². The van der Waals surface area contributed by atoms with Crippen molar-refractivity contribution in [1.29, 1.82) is 0 Å². The molecule has 0 radical (unpaired) electrons. The minimum Gasteiger partial charge on any atom is -0.321 e. The largest absolute Gasteiger partial charge is 0.416 e. The van der Waals surface area contributed by atoms with Crippen LogP contribution in [0.25, 0.3) is 6.08 Å². The summed E-state index contributed by atoms with van der Waals surface area (Å²) < 4.78 is 38.7. The summed E-state index contributed by atoms with van der Waals surface area (Å²) in [7, 11) is 0. The first-order valence-electron chi connectivity index (χ1n) is 8.43. The first kappa shape index (κ1) is 20.3. The van der Waals surface area contributed by atoms with Crippen LogP contribution in [0.3, 0.4) is 0 Å². The molecule has 148 valence electrons. The Bertz CT molecular complexity index is 1030. The first-order valence-corrected chi connectivity index (χ1v) is 9.31. The minimum atomic E-state index is -4.53. The van der Waals surface area contributed by atoms with Crippen LogP contribution in [0.4, 0.5) is 18.9 Å². The zero-order valence-electron chi connectivity index (χ0n) is 14.9. The molecule has 3 aromatic rings. The monoisotopic (exact) mass is 416 g/mol. The lowest BCUT2D eigenvalue weighted by molar-refractivity contribution is -0.137. The number of hydrogen-bond donors (Lipinski definition) is 2. The van der Waals surface area contributed by atoms with Gasteiger partial charge in [-0.15, -0.1) is 11.3 Å². The Hall–Kier alpha value is -3.39. The third-order valence-electron chi connectivity index (χ3n) is 3.81. The van der Waals surface area contributed by atoms with Crippen LogP contribution < -0.4 is 10.6 Å². The Kier molecular flexibility index (Phi) is 6.13. The molecule has 0 aliphatic rings. The molecule has 0 aliphatic heterocycles. The van der Waals surface area contributed by atoms with E-state index < -0.39 is 23.6 Å². The van der Waals surface area contributed by atoms with Gasteiger partial charge in [-0.25, -0.2) is 0 Å². The van der Waals surface area contributed by atoms with E-state index in [2.05, 4.69) is 10.6 Å². The van der Waals surface area contributed by atoms with Gasteiger partial charge in [-0.05, 0) is 47.9 Å². The number of thiophene rings is 1. The molecule has 0 saturated heterocycles. The number of hydrogen-bond acceptors (Lipinski definition) is 3. The molecule has 1 aromatic heterocycles. The highest BCUT2D eigenvalue weighted by Gasteiger charge is 2.30. The van der Waals surface area contributed by atoms with Gasteiger partial charge in [0.2, 0.25) is 0 Å². The van der Waals surface area contributed by atoms with Gasteiger partial charge in [-0.3, -0.25) is 9.59 Å². The SMILES string of the molecule is O=C(Nc1cccc(C(F)(F)F)c1)C(=Cc1cccs1)NC(=O)c1ccccc1. The topological polar surface area (TPSA) is 58.2 Å². The van der Waals surface area contributed by atoms with Crippen LogP contribution in [-0.4, -0.2) is 11.8 Å². The van der Waals surface area contributed by atoms with E-state index in [1.807, 2.05) is 0 Å². The molecule has 1 heterocycles. The van der Waals surface area contributed by atoms with Crippen LogP contribution in [-0.2, 0) is 11.0 Å². The Labute approximate surface area is 168 Å². The fourth-order valence-electron chi connectivity index (χ4n) is 2.43. The molecule has 2 N–H and O–H groups in total. The van der Waals surface area contributed by atoms with E-state index in [4.69, 9.17) is 0 Å². The number of alkyl halides is 3. The maximum absolute atomic E-state index is 12.9. The van der Waals surface area contributed by atoms with E-state index in [1.165, 1.54) is 29.5 Å². The highest BCUT2D eigenvalue weighted by Crippen LogP contribution is 2.30. The normalized spacial score (nSPS) is 11.8. The van der Waals surface area contributed by atoms with E-state index in [9.17, 15) is 22.8 Å². The number of carbonyl (C=O) groups is 2. The van der Waals surface area contributed by atoms with Crippen molar-refractivity contribution in [2.75, 3.05) is 5.32 Å². The fraction of sp³-hybridized carbons (Fsp3) is 0.0476. The quantitative estimate of drug-likeness (QED) is 0.564. The van der Waals surface area contributed by atoms with Crippen molar-refractivity contribution in [3.8, 4) is 0 Å². The number of nitrogens with one attached hydrogen (secondary N) is 2. The molecule has 0 saturated carbocycles. The van der Waals surface area contributed by atoms with E-state index >= 15 is 0 Å². The summed E-state index contributed by atoms with van der Waals surface area (Å²) in [4.78, 5) is 25.8. The Morgan fingerprint density at radius 1 is 0.931 bits per heavy atom. The first-order chi connectivity index (χ1) is 13.8. The van der Waals surface area contributed by atoms with Crippen LogP contribution >= 0.6 is 11.3 Å². The van der Waals surface area contributed by atoms with Crippen LogP contribution in [0.1, 0.15) is 20.8 Å². The van der Waals surface area contributed by atoms with E-state index in [1.54, 1.807) is 47.8 Å². The van der Waals surface area contributed by atoms with E-state index in [0.29, 0.717) is 10.4 Å². The highest BCUT2D eigenvalue weighted by molar-refractivity contribution is 7.10. The van der Waals surface area contributed by atoms with E-state index in [-0.39, 0.29) is 11.4 Å². The predicted octanol–water partition coefficient (Wildman–Crippen LogP) is 5.18. The molecular weight excluding hydrogens is 401 g/mol. The Morgan fingerprint density at radius 2 is 1.69 bits per heavy atom. The summed E-state index contributed by atoms with van der Waals surface area (Å²) in [6.07, 6.45) is -3.06. The third-order valence-corrected chi connectivity index (χ3v) is 4.63. The second kappa shape index (κ2) is 8.74. The Balaban J connectivity index is 1.84. The number of amides is 2. The van der Waals surface area contributed by atoms with Crippen LogP contribution in [0.2, 0.25) is 0 Å². The summed E-state index contributed by atoms with van der Waals surface area (Å²) in [6, 6.07) is 16.1. The molecule has 8 heteroatoms. The van der Waals surface area contributed by atoms with Crippen molar-refractivity contribution < 1.29 is 22.8 Å². The van der Waals surface area contributed by atoms with Crippen molar-refractivity contribution >= 4 is 34.9 Å². The lowest BCUT2D eigenvalue weighted by Crippen LogP contribution is -2.30. The minimum absolute atomic E-state index is 0.0316. The number of anilines is 1. The number of benzene rings is 2. The third kappa shape index (κ3) is 5.55.